The highest BCUT2D eigenvalue weighted by Gasteiger charge is 2.16. The van der Waals surface area contributed by atoms with Gasteiger partial charge in [0.25, 0.3) is 0 Å². The zero-order valence-corrected chi connectivity index (χ0v) is 11.9. The number of hydrogen-bond acceptors (Lipinski definition) is 3. The molecular formula is C13H30N2O. The summed E-state index contributed by atoms with van der Waals surface area (Å²) in [4.78, 5) is 2.52. The molecule has 0 saturated carbocycles. The Morgan fingerprint density at radius 1 is 1.12 bits per heavy atom. The Hall–Kier alpha value is -0.120. The van der Waals surface area contributed by atoms with Gasteiger partial charge < -0.3 is 10.1 Å². The maximum absolute atomic E-state index is 5.25. The number of nitrogens with one attached hydrogen (secondary N) is 1. The zero-order valence-electron chi connectivity index (χ0n) is 11.9. The van der Waals surface area contributed by atoms with Crippen molar-refractivity contribution in [2.24, 2.45) is 5.92 Å². The average molecular weight is 230 g/mol. The molecule has 0 spiro atoms. The molecule has 1 N–H and O–H groups in total. The van der Waals surface area contributed by atoms with Gasteiger partial charge in [0.2, 0.25) is 0 Å². The van der Waals surface area contributed by atoms with Gasteiger partial charge in [-0.15, -0.1) is 0 Å². The fourth-order valence-electron chi connectivity index (χ4n) is 1.91. The van der Waals surface area contributed by atoms with Crippen molar-refractivity contribution >= 4 is 0 Å². The lowest BCUT2D eigenvalue weighted by Gasteiger charge is -2.32. The average Bonchev–Trinajstić information content (AvgIpc) is 2.16. The van der Waals surface area contributed by atoms with Crippen LogP contribution in [0.25, 0.3) is 0 Å². The molecule has 1 atom stereocenters. The highest BCUT2D eigenvalue weighted by atomic mass is 16.5. The largest absolute Gasteiger partial charge is 0.383 e. The monoisotopic (exact) mass is 230 g/mol. The van der Waals surface area contributed by atoms with E-state index in [1.807, 2.05) is 0 Å². The van der Waals surface area contributed by atoms with Gasteiger partial charge in [-0.2, -0.15) is 0 Å². The maximum atomic E-state index is 5.25. The smallest absolute Gasteiger partial charge is 0.0628 e. The van der Waals surface area contributed by atoms with Gasteiger partial charge in [0, 0.05) is 32.3 Å². The van der Waals surface area contributed by atoms with Gasteiger partial charge in [0.1, 0.15) is 0 Å². The van der Waals surface area contributed by atoms with Crippen LogP contribution in [-0.4, -0.2) is 50.3 Å². The molecule has 0 saturated heterocycles. The van der Waals surface area contributed by atoms with Gasteiger partial charge in [-0.05, 0) is 26.3 Å². The lowest BCUT2D eigenvalue weighted by molar-refractivity contribution is 0.119. The van der Waals surface area contributed by atoms with E-state index in [2.05, 4.69) is 44.8 Å². The van der Waals surface area contributed by atoms with Crippen molar-refractivity contribution in [2.45, 2.75) is 46.7 Å². The second-order valence-corrected chi connectivity index (χ2v) is 5.15. The highest BCUT2D eigenvalue weighted by molar-refractivity contribution is 4.74. The van der Waals surface area contributed by atoms with Crippen LogP contribution in [0, 0.1) is 5.92 Å². The molecule has 98 valence electrons. The van der Waals surface area contributed by atoms with Gasteiger partial charge in [-0.25, -0.2) is 0 Å². The Kier molecular flexibility index (Phi) is 8.90. The van der Waals surface area contributed by atoms with Crippen LogP contribution in [0.4, 0.5) is 0 Å². The van der Waals surface area contributed by atoms with Gasteiger partial charge in [-0.1, -0.05) is 20.8 Å². The summed E-state index contributed by atoms with van der Waals surface area (Å²) in [5, 5.41) is 3.48. The lowest BCUT2D eigenvalue weighted by atomic mass is 10.1. The molecule has 0 aliphatic carbocycles. The molecule has 3 nitrogen and oxygen atoms in total. The number of nitrogens with zero attached hydrogens (tertiary/aromatic N) is 1. The molecule has 1 unspecified atom stereocenters. The van der Waals surface area contributed by atoms with Crippen molar-refractivity contribution in [1.82, 2.24) is 10.2 Å². The highest BCUT2D eigenvalue weighted by Crippen LogP contribution is 2.05. The molecule has 0 bridgehead atoms. The van der Waals surface area contributed by atoms with Crippen LogP contribution in [0.2, 0.25) is 0 Å². The number of ether oxygens (including phenoxy) is 1. The van der Waals surface area contributed by atoms with Gasteiger partial charge >= 0.3 is 0 Å². The zero-order chi connectivity index (χ0) is 12.6. The minimum Gasteiger partial charge on any atom is -0.383 e. The number of rotatable bonds is 9. The molecule has 0 rings (SSSR count). The van der Waals surface area contributed by atoms with Crippen molar-refractivity contribution in [3.8, 4) is 0 Å². The Balaban J connectivity index is 4.20. The molecule has 0 aliphatic heterocycles. The van der Waals surface area contributed by atoms with Crippen LogP contribution in [0.3, 0.4) is 0 Å². The summed E-state index contributed by atoms with van der Waals surface area (Å²) in [5.74, 6) is 0.715. The minimum absolute atomic E-state index is 0.441. The standard InChI is InChI=1S/C13H30N2O/c1-7-14-13(10-16-6)9-15(12(4)5)8-11(2)3/h11-14H,7-10H2,1-6H3. The second-order valence-electron chi connectivity index (χ2n) is 5.15. The molecule has 16 heavy (non-hydrogen) atoms. The van der Waals surface area contributed by atoms with E-state index in [1.165, 1.54) is 0 Å². The van der Waals surface area contributed by atoms with Crippen molar-refractivity contribution in [3.05, 3.63) is 0 Å². The van der Waals surface area contributed by atoms with E-state index in [9.17, 15) is 0 Å². The predicted molar refractivity (Wildman–Crippen MR) is 70.9 cm³/mol. The Morgan fingerprint density at radius 2 is 1.75 bits per heavy atom. The normalized spacial score (nSPS) is 14.1. The van der Waals surface area contributed by atoms with E-state index < -0.39 is 0 Å². The molecule has 0 aliphatic rings. The Labute approximate surface area is 102 Å². The van der Waals surface area contributed by atoms with Crippen LogP contribution in [0.15, 0.2) is 0 Å². The molecule has 0 fully saturated rings. The van der Waals surface area contributed by atoms with Gasteiger partial charge in [0.05, 0.1) is 6.61 Å². The van der Waals surface area contributed by atoms with E-state index in [4.69, 9.17) is 4.74 Å². The summed E-state index contributed by atoms with van der Waals surface area (Å²) in [6.07, 6.45) is 0. The third-order valence-electron chi connectivity index (χ3n) is 2.65. The third kappa shape index (κ3) is 7.20. The van der Waals surface area contributed by atoms with Crippen LogP contribution >= 0.6 is 0 Å². The Morgan fingerprint density at radius 3 is 2.12 bits per heavy atom. The van der Waals surface area contributed by atoms with E-state index in [0.29, 0.717) is 18.0 Å². The second kappa shape index (κ2) is 8.97. The number of methoxy groups -OCH3 is 1. The minimum atomic E-state index is 0.441. The summed E-state index contributed by atoms with van der Waals surface area (Å²) in [7, 11) is 1.77. The first-order valence-corrected chi connectivity index (χ1v) is 6.47. The summed E-state index contributed by atoms with van der Waals surface area (Å²) in [6.45, 7) is 15.2. The van der Waals surface area contributed by atoms with E-state index in [-0.39, 0.29) is 0 Å². The summed E-state index contributed by atoms with van der Waals surface area (Å²) < 4.78 is 5.25. The molecule has 0 radical (unpaired) electrons. The first-order valence-electron chi connectivity index (χ1n) is 6.47. The van der Waals surface area contributed by atoms with Crippen molar-refractivity contribution in [3.63, 3.8) is 0 Å². The third-order valence-corrected chi connectivity index (χ3v) is 2.65. The molecule has 0 aromatic rings. The van der Waals surface area contributed by atoms with Gasteiger partial charge in [0.15, 0.2) is 0 Å². The summed E-state index contributed by atoms with van der Waals surface area (Å²) >= 11 is 0. The molecule has 0 aromatic carbocycles. The molecule has 0 aromatic heterocycles. The maximum Gasteiger partial charge on any atom is 0.0628 e. The molecule has 0 amide bonds. The van der Waals surface area contributed by atoms with Gasteiger partial charge in [-0.3, -0.25) is 4.90 Å². The fraction of sp³-hybridized carbons (Fsp3) is 1.00. The van der Waals surface area contributed by atoms with Crippen LogP contribution < -0.4 is 5.32 Å². The van der Waals surface area contributed by atoms with Crippen LogP contribution in [0.5, 0.6) is 0 Å². The topological polar surface area (TPSA) is 24.5 Å². The molecular weight excluding hydrogens is 200 g/mol. The summed E-state index contributed by atoms with van der Waals surface area (Å²) in [6, 6.07) is 1.04. The molecule has 3 heteroatoms. The SMILES string of the molecule is CCNC(COC)CN(CC(C)C)C(C)C. The van der Waals surface area contributed by atoms with E-state index in [0.717, 1.165) is 26.2 Å². The summed E-state index contributed by atoms with van der Waals surface area (Å²) in [5.41, 5.74) is 0. The first kappa shape index (κ1) is 15.9. The lowest BCUT2D eigenvalue weighted by Crippen LogP contribution is -2.47. The molecule has 0 heterocycles. The number of likely N-dealkylation sites (N-methyl/N-ethyl adjacent to an activating group) is 1. The van der Waals surface area contributed by atoms with Crippen molar-refractivity contribution in [1.29, 1.82) is 0 Å². The number of hydrogen-bond donors (Lipinski definition) is 1. The fourth-order valence-corrected chi connectivity index (χ4v) is 1.91. The van der Waals surface area contributed by atoms with Crippen LogP contribution in [-0.2, 0) is 4.74 Å². The van der Waals surface area contributed by atoms with Crippen molar-refractivity contribution in [2.75, 3.05) is 33.4 Å². The predicted octanol–water partition coefficient (Wildman–Crippen LogP) is 1.98. The quantitative estimate of drug-likeness (QED) is 0.655. The first-order chi connectivity index (χ1) is 7.51. The van der Waals surface area contributed by atoms with Crippen molar-refractivity contribution < 1.29 is 4.74 Å². The van der Waals surface area contributed by atoms with E-state index in [1.54, 1.807) is 7.11 Å². The van der Waals surface area contributed by atoms with E-state index >= 15 is 0 Å². The van der Waals surface area contributed by atoms with Crippen LogP contribution in [0.1, 0.15) is 34.6 Å². The Bertz CT molecular complexity index is 154.